The van der Waals surface area contributed by atoms with Gasteiger partial charge in [0, 0.05) is 19.0 Å². The van der Waals surface area contributed by atoms with Crippen molar-refractivity contribution in [1.82, 2.24) is 10.2 Å². The third-order valence-electron chi connectivity index (χ3n) is 4.11. The van der Waals surface area contributed by atoms with Gasteiger partial charge in [-0.25, -0.2) is 0 Å². The van der Waals surface area contributed by atoms with Crippen LogP contribution in [0.5, 0.6) is 0 Å². The van der Waals surface area contributed by atoms with Crippen molar-refractivity contribution in [2.75, 3.05) is 13.1 Å². The van der Waals surface area contributed by atoms with Crippen molar-refractivity contribution in [2.45, 2.75) is 51.0 Å². The molecule has 2 aliphatic rings. The molecule has 0 spiro atoms. The molecule has 112 valence electrons. The van der Waals surface area contributed by atoms with Crippen molar-refractivity contribution in [3.8, 4) is 0 Å². The molecule has 0 aromatic heterocycles. The number of hydrogen-bond acceptors (Lipinski definition) is 3. The van der Waals surface area contributed by atoms with Gasteiger partial charge >= 0.3 is 5.97 Å². The molecule has 0 atom stereocenters. The van der Waals surface area contributed by atoms with Crippen LogP contribution in [-0.4, -0.2) is 46.9 Å². The summed E-state index contributed by atoms with van der Waals surface area (Å²) in [6.45, 7) is 0.752. The van der Waals surface area contributed by atoms with Gasteiger partial charge in [-0.05, 0) is 25.7 Å². The lowest BCUT2D eigenvalue weighted by atomic mass is 9.80. The molecule has 0 aromatic carbocycles. The minimum Gasteiger partial charge on any atom is -0.481 e. The highest BCUT2D eigenvalue weighted by Gasteiger charge is 2.35. The summed E-state index contributed by atoms with van der Waals surface area (Å²) in [5.41, 5.74) is 0. The Morgan fingerprint density at radius 2 is 1.90 bits per heavy atom. The van der Waals surface area contributed by atoms with Gasteiger partial charge in [0.1, 0.15) is 0 Å². The number of amides is 2. The van der Waals surface area contributed by atoms with Crippen molar-refractivity contribution in [2.24, 2.45) is 5.92 Å². The third-order valence-corrected chi connectivity index (χ3v) is 4.11. The number of carboxylic acids is 1. The van der Waals surface area contributed by atoms with Crippen LogP contribution in [0.4, 0.5) is 0 Å². The molecular formula is C14H22N2O4. The van der Waals surface area contributed by atoms with Crippen molar-refractivity contribution in [1.29, 1.82) is 0 Å². The van der Waals surface area contributed by atoms with Gasteiger partial charge in [0.15, 0.2) is 0 Å². The fourth-order valence-corrected chi connectivity index (χ4v) is 2.77. The van der Waals surface area contributed by atoms with Crippen LogP contribution in [0, 0.1) is 5.92 Å². The normalized spacial score (nSPS) is 27.2. The number of likely N-dealkylation sites (tertiary alicyclic amines) is 1. The molecule has 2 amide bonds. The number of rotatable bonds is 4. The van der Waals surface area contributed by atoms with Crippen molar-refractivity contribution >= 4 is 17.8 Å². The molecule has 1 aliphatic heterocycles. The zero-order chi connectivity index (χ0) is 14.5. The SMILES string of the molecule is O=C(CN1CCCCCCC1=O)NC1CC(C(=O)O)C1. The Bertz CT molecular complexity index is 391. The zero-order valence-electron chi connectivity index (χ0n) is 11.6. The standard InChI is InChI=1S/C14H22N2O4/c17-12(15-11-7-10(8-11)14(19)20)9-16-6-4-2-1-3-5-13(16)18/h10-11H,1-9H2,(H,15,17)(H,19,20). The highest BCUT2D eigenvalue weighted by atomic mass is 16.4. The van der Waals surface area contributed by atoms with Gasteiger partial charge in [0.2, 0.25) is 11.8 Å². The minimum atomic E-state index is -0.797. The molecule has 0 radical (unpaired) electrons. The maximum atomic E-state index is 11.9. The summed E-state index contributed by atoms with van der Waals surface area (Å²) < 4.78 is 0. The van der Waals surface area contributed by atoms with E-state index < -0.39 is 5.97 Å². The van der Waals surface area contributed by atoms with Crippen LogP contribution in [0.2, 0.25) is 0 Å². The van der Waals surface area contributed by atoms with Crippen LogP contribution in [0.25, 0.3) is 0 Å². The fourth-order valence-electron chi connectivity index (χ4n) is 2.77. The van der Waals surface area contributed by atoms with Gasteiger partial charge in [-0.1, -0.05) is 12.8 Å². The molecular weight excluding hydrogens is 260 g/mol. The molecule has 6 heteroatoms. The monoisotopic (exact) mass is 282 g/mol. The Morgan fingerprint density at radius 3 is 2.60 bits per heavy atom. The minimum absolute atomic E-state index is 0.0477. The largest absolute Gasteiger partial charge is 0.481 e. The number of aliphatic carboxylic acids is 1. The topological polar surface area (TPSA) is 86.7 Å². The summed E-state index contributed by atoms with van der Waals surface area (Å²) in [5, 5.41) is 11.6. The molecule has 1 aliphatic carbocycles. The molecule has 2 rings (SSSR count). The van der Waals surface area contributed by atoms with E-state index in [4.69, 9.17) is 5.11 Å². The number of carbonyl (C=O) groups excluding carboxylic acids is 2. The quantitative estimate of drug-likeness (QED) is 0.797. The van der Waals surface area contributed by atoms with Crippen LogP contribution in [0.15, 0.2) is 0 Å². The lowest BCUT2D eigenvalue weighted by Crippen LogP contribution is -2.50. The first-order valence-corrected chi connectivity index (χ1v) is 7.36. The van der Waals surface area contributed by atoms with Gasteiger partial charge in [0.25, 0.3) is 0 Å². The van der Waals surface area contributed by atoms with E-state index in [2.05, 4.69) is 5.32 Å². The Morgan fingerprint density at radius 1 is 1.20 bits per heavy atom. The molecule has 1 heterocycles. The maximum absolute atomic E-state index is 11.9. The molecule has 2 fully saturated rings. The van der Waals surface area contributed by atoms with Gasteiger partial charge in [-0.15, -0.1) is 0 Å². The molecule has 2 N–H and O–H groups in total. The number of carbonyl (C=O) groups is 3. The maximum Gasteiger partial charge on any atom is 0.306 e. The van der Waals surface area contributed by atoms with Gasteiger partial charge < -0.3 is 15.3 Å². The van der Waals surface area contributed by atoms with Gasteiger partial charge in [-0.2, -0.15) is 0 Å². The predicted octanol–water partition coefficient (Wildman–Crippen LogP) is 0.758. The Labute approximate surface area is 118 Å². The third kappa shape index (κ3) is 3.95. The van der Waals surface area contributed by atoms with Crippen molar-refractivity contribution in [3.63, 3.8) is 0 Å². The predicted molar refractivity (Wildman–Crippen MR) is 72.0 cm³/mol. The summed E-state index contributed by atoms with van der Waals surface area (Å²) in [5.74, 6) is -1.25. The Hall–Kier alpha value is -1.59. The number of carboxylic acid groups (broad SMARTS) is 1. The fraction of sp³-hybridized carbons (Fsp3) is 0.786. The summed E-state index contributed by atoms with van der Waals surface area (Å²) >= 11 is 0. The van der Waals surface area contributed by atoms with Crippen LogP contribution >= 0.6 is 0 Å². The summed E-state index contributed by atoms with van der Waals surface area (Å²) in [7, 11) is 0. The van der Waals surface area contributed by atoms with E-state index in [1.807, 2.05) is 0 Å². The average molecular weight is 282 g/mol. The van der Waals surface area contributed by atoms with E-state index in [1.54, 1.807) is 4.90 Å². The zero-order valence-corrected chi connectivity index (χ0v) is 11.6. The first-order valence-electron chi connectivity index (χ1n) is 7.36. The number of hydrogen-bond donors (Lipinski definition) is 2. The Kier molecular flexibility index (Phi) is 4.98. The van der Waals surface area contributed by atoms with Crippen LogP contribution < -0.4 is 5.32 Å². The summed E-state index contributed by atoms with van der Waals surface area (Å²) in [4.78, 5) is 36.1. The first kappa shape index (κ1) is 14.8. The lowest BCUT2D eigenvalue weighted by Gasteiger charge is -2.33. The van der Waals surface area contributed by atoms with Crippen molar-refractivity contribution < 1.29 is 19.5 Å². The second kappa shape index (κ2) is 6.72. The van der Waals surface area contributed by atoms with E-state index in [1.165, 1.54) is 0 Å². The molecule has 20 heavy (non-hydrogen) atoms. The van der Waals surface area contributed by atoms with Gasteiger partial charge in [-0.3, -0.25) is 14.4 Å². The smallest absolute Gasteiger partial charge is 0.306 e. The van der Waals surface area contributed by atoms with E-state index in [0.29, 0.717) is 25.8 Å². The van der Waals surface area contributed by atoms with Crippen LogP contribution in [-0.2, 0) is 14.4 Å². The molecule has 1 saturated heterocycles. The van der Waals surface area contributed by atoms with Crippen LogP contribution in [0.3, 0.4) is 0 Å². The molecule has 0 unspecified atom stereocenters. The molecule has 1 saturated carbocycles. The number of nitrogens with zero attached hydrogens (tertiary/aromatic N) is 1. The highest BCUT2D eigenvalue weighted by molar-refractivity contribution is 5.85. The van der Waals surface area contributed by atoms with Crippen molar-refractivity contribution in [3.05, 3.63) is 0 Å². The Balaban J connectivity index is 1.73. The molecule has 0 aromatic rings. The van der Waals surface area contributed by atoms with E-state index in [0.717, 1.165) is 25.7 Å². The molecule has 0 bridgehead atoms. The second-order valence-electron chi connectivity index (χ2n) is 5.75. The average Bonchev–Trinajstić information content (AvgIpc) is 2.32. The van der Waals surface area contributed by atoms with E-state index in [-0.39, 0.29) is 30.3 Å². The number of nitrogens with one attached hydrogen (secondary N) is 1. The van der Waals surface area contributed by atoms with Gasteiger partial charge in [0.05, 0.1) is 12.5 Å². The van der Waals surface area contributed by atoms with E-state index >= 15 is 0 Å². The highest BCUT2D eigenvalue weighted by Crippen LogP contribution is 2.27. The van der Waals surface area contributed by atoms with Crippen LogP contribution in [0.1, 0.15) is 44.9 Å². The first-order chi connectivity index (χ1) is 9.56. The lowest BCUT2D eigenvalue weighted by molar-refractivity contribution is -0.146. The van der Waals surface area contributed by atoms with E-state index in [9.17, 15) is 14.4 Å². The second-order valence-corrected chi connectivity index (χ2v) is 5.75. The summed E-state index contributed by atoms with van der Waals surface area (Å²) in [6.07, 6.45) is 5.56. The molecule has 6 nitrogen and oxygen atoms in total. The summed E-state index contributed by atoms with van der Waals surface area (Å²) in [6, 6.07) is -0.0477.